The van der Waals surface area contributed by atoms with Crippen molar-refractivity contribution < 1.29 is 8.42 Å². The molecule has 3 nitrogen and oxygen atoms in total. The minimum absolute atomic E-state index is 0.137. The summed E-state index contributed by atoms with van der Waals surface area (Å²) in [5, 5.41) is 0.639. The topological polar surface area (TPSA) is 49.9 Å². The Kier molecular flexibility index (Phi) is 2.05. The maximum Gasteiger partial charge on any atom is 0.263 e. The first kappa shape index (κ1) is 9.55. The summed E-state index contributed by atoms with van der Waals surface area (Å²) in [5.41, 5.74) is 1.81. The molecule has 0 bridgehead atoms. The van der Waals surface area contributed by atoms with Gasteiger partial charge in [0, 0.05) is 27.8 Å². The maximum atomic E-state index is 11.2. The summed E-state index contributed by atoms with van der Waals surface area (Å²) in [6.45, 7) is 1.91. The van der Waals surface area contributed by atoms with Gasteiger partial charge >= 0.3 is 0 Å². The van der Waals surface area contributed by atoms with Crippen molar-refractivity contribution in [2.75, 3.05) is 0 Å². The molecule has 0 fully saturated rings. The van der Waals surface area contributed by atoms with Crippen LogP contribution in [0.2, 0.25) is 0 Å². The number of aromatic nitrogens is 1. The van der Waals surface area contributed by atoms with Crippen molar-refractivity contribution in [3.05, 3.63) is 30.0 Å². The molecule has 5 heteroatoms. The molecule has 0 radical (unpaired) electrons. The molecule has 1 aromatic heterocycles. The minimum Gasteiger partial charge on any atom is -0.360 e. The second-order valence-electron chi connectivity index (χ2n) is 3.09. The molecule has 0 saturated carbocycles. The Morgan fingerprint density at radius 3 is 2.71 bits per heavy atom. The summed E-state index contributed by atoms with van der Waals surface area (Å²) in [6.07, 6.45) is 1.42. The number of aromatic amines is 1. The molecule has 1 N–H and O–H groups in total. The molecule has 0 amide bonds. The average molecular weight is 230 g/mol. The Morgan fingerprint density at radius 1 is 1.36 bits per heavy atom. The van der Waals surface area contributed by atoms with Gasteiger partial charge < -0.3 is 4.98 Å². The molecule has 74 valence electrons. The molecule has 2 rings (SSSR count). The number of fused-ring (bicyclic) bond motifs is 1. The van der Waals surface area contributed by atoms with Crippen LogP contribution < -0.4 is 0 Å². The van der Waals surface area contributed by atoms with E-state index in [4.69, 9.17) is 10.7 Å². The van der Waals surface area contributed by atoms with Gasteiger partial charge in [0.15, 0.2) is 0 Å². The van der Waals surface area contributed by atoms with E-state index < -0.39 is 9.05 Å². The van der Waals surface area contributed by atoms with E-state index in [1.165, 1.54) is 6.20 Å². The lowest BCUT2D eigenvalue weighted by molar-refractivity contribution is 0.610. The van der Waals surface area contributed by atoms with Crippen molar-refractivity contribution in [2.24, 2.45) is 0 Å². The van der Waals surface area contributed by atoms with Gasteiger partial charge in [-0.2, -0.15) is 0 Å². The number of hydrogen-bond donors (Lipinski definition) is 1. The highest BCUT2D eigenvalue weighted by atomic mass is 35.7. The van der Waals surface area contributed by atoms with Gasteiger partial charge in [-0.1, -0.05) is 18.2 Å². The predicted octanol–water partition coefficient (Wildman–Crippen LogP) is 2.40. The smallest absolute Gasteiger partial charge is 0.263 e. The van der Waals surface area contributed by atoms with E-state index in [1.54, 1.807) is 12.1 Å². The number of para-hydroxylation sites is 1. The first-order valence-corrected chi connectivity index (χ1v) is 6.32. The number of aryl methyl sites for hydroxylation is 1. The molecule has 0 spiro atoms. The zero-order valence-corrected chi connectivity index (χ0v) is 8.98. The molecule has 2 aromatic rings. The van der Waals surface area contributed by atoms with Crippen LogP contribution in [0.25, 0.3) is 10.9 Å². The van der Waals surface area contributed by atoms with Gasteiger partial charge in [0.25, 0.3) is 9.05 Å². The standard InChI is InChI=1S/C9H8ClNO2S/c1-6-3-2-4-7-8(14(10,12)13)5-11-9(6)7/h2-5,11H,1H3. The second kappa shape index (κ2) is 3.00. The van der Waals surface area contributed by atoms with E-state index in [0.717, 1.165) is 11.1 Å². The zero-order chi connectivity index (χ0) is 10.3. The van der Waals surface area contributed by atoms with Crippen molar-refractivity contribution >= 4 is 30.6 Å². The monoisotopic (exact) mass is 229 g/mol. The van der Waals surface area contributed by atoms with Crippen molar-refractivity contribution in [1.82, 2.24) is 4.98 Å². The number of halogens is 1. The van der Waals surface area contributed by atoms with Crippen LogP contribution in [-0.2, 0) is 9.05 Å². The van der Waals surface area contributed by atoms with Gasteiger partial charge in [-0.15, -0.1) is 0 Å². The van der Waals surface area contributed by atoms with E-state index in [-0.39, 0.29) is 4.90 Å². The van der Waals surface area contributed by atoms with Gasteiger partial charge in [-0.25, -0.2) is 8.42 Å². The van der Waals surface area contributed by atoms with Gasteiger partial charge in [-0.3, -0.25) is 0 Å². The van der Waals surface area contributed by atoms with Crippen LogP contribution in [0, 0.1) is 6.92 Å². The summed E-state index contributed by atoms with van der Waals surface area (Å²) in [5.74, 6) is 0. The van der Waals surface area contributed by atoms with Crippen LogP contribution in [0.15, 0.2) is 29.3 Å². The van der Waals surface area contributed by atoms with Gasteiger partial charge in [0.2, 0.25) is 0 Å². The number of H-pyrrole nitrogens is 1. The highest BCUT2D eigenvalue weighted by Crippen LogP contribution is 2.26. The second-order valence-corrected chi connectivity index (χ2v) is 5.62. The van der Waals surface area contributed by atoms with Crippen molar-refractivity contribution in [3.8, 4) is 0 Å². The summed E-state index contributed by atoms with van der Waals surface area (Å²) in [4.78, 5) is 3.04. The highest BCUT2D eigenvalue weighted by Gasteiger charge is 2.15. The molecule has 1 aromatic carbocycles. The maximum absolute atomic E-state index is 11.2. The lowest BCUT2D eigenvalue weighted by Crippen LogP contribution is -1.87. The van der Waals surface area contributed by atoms with E-state index >= 15 is 0 Å². The summed E-state index contributed by atoms with van der Waals surface area (Å²) in [6, 6.07) is 5.44. The van der Waals surface area contributed by atoms with Gasteiger partial charge in [0.05, 0.1) is 0 Å². The average Bonchev–Trinajstić information content (AvgIpc) is 2.47. The minimum atomic E-state index is -3.66. The highest BCUT2D eigenvalue weighted by molar-refractivity contribution is 8.14. The SMILES string of the molecule is Cc1cccc2c(S(=O)(=O)Cl)c[nH]c12. The molecule has 14 heavy (non-hydrogen) atoms. The molecule has 0 atom stereocenters. The fourth-order valence-corrected chi connectivity index (χ4v) is 2.50. The van der Waals surface area contributed by atoms with Crippen molar-refractivity contribution in [1.29, 1.82) is 0 Å². The lowest BCUT2D eigenvalue weighted by Gasteiger charge is -1.95. The Morgan fingerprint density at radius 2 is 2.07 bits per heavy atom. The Hall–Kier alpha value is -1.00. The summed E-state index contributed by atoms with van der Waals surface area (Å²) < 4.78 is 22.3. The third-order valence-electron chi connectivity index (χ3n) is 2.15. The van der Waals surface area contributed by atoms with Gasteiger partial charge in [-0.05, 0) is 12.5 Å². The molecule has 0 aliphatic heterocycles. The Balaban J connectivity index is 2.90. The molecular formula is C9H8ClNO2S. The third kappa shape index (κ3) is 1.40. The Labute approximate surface area is 86.1 Å². The van der Waals surface area contributed by atoms with Crippen LogP contribution in [0.4, 0.5) is 0 Å². The van der Waals surface area contributed by atoms with Crippen LogP contribution >= 0.6 is 10.7 Å². The fourth-order valence-electron chi connectivity index (χ4n) is 1.48. The fraction of sp³-hybridized carbons (Fsp3) is 0.111. The molecule has 1 heterocycles. The third-order valence-corrected chi connectivity index (χ3v) is 3.51. The molecule has 0 unspecified atom stereocenters. The van der Waals surface area contributed by atoms with Crippen LogP contribution in [-0.4, -0.2) is 13.4 Å². The van der Waals surface area contributed by atoms with Crippen molar-refractivity contribution in [2.45, 2.75) is 11.8 Å². The number of nitrogens with one attached hydrogen (secondary N) is 1. The molecular weight excluding hydrogens is 222 g/mol. The van der Waals surface area contributed by atoms with E-state index in [0.29, 0.717) is 5.39 Å². The largest absolute Gasteiger partial charge is 0.360 e. The van der Waals surface area contributed by atoms with Crippen molar-refractivity contribution in [3.63, 3.8) is 0 Å². The number of hydrogen-bond acceptors (Lipinski definition) is 2. The zero-order valence-electron chi connectivity index (χ0n) is 7.41. The van der Waals surface area contributed by atoms with Crippen LogP contribution in [0.1, 0.15) is 5.56 Å². The molecule has 0 saturated heterocycles. The van der Waals surface area contributed by atoms with Gasteiger partial charge in [0.1, 0.15) is 4.90 Å². The number of rotatable bonds is 1. The lowest BCUT2D eigenvalue weighted by atomic mass is 10.2. The van der Waals surface area contributed by atoms with Crippen LogP contribution in [0.3, 0.4) is 0 Å². The quantitative estimate of drug-likeness (QED) is 0.764. The van der Waals surface area contributed by atoms with E-state index in [1.807, 2.05) is 13.0 Å². The first-order chi connectivity index (χ1) is 6.50. The Bertz CT molecular complexity index is 586. The summed E-state index contributed by atoms with van der Waals surface area (Å²) >= 11 is 0. The summed E-state index contributed by atoms with van der Waals surface area (Å²) in [7, 11) is 1.62. The van der Waals surface area contributed by atoms with E-state index in [2.05, 4.69) is 4.98 Å². The predicted molar refractivity (Wildman–Crippen MR) is 56.1 cm³/mol. The van der Waals surface area contributed by atoms with Crippen LogP contribution in [0.5, 0.6) is 0 Å². The molecule has 0 aliphatic carbocycles. The first-order valence-electron chi connectivity index (χ1n) is 4.01. The number of benzene rings is 1. The van der Waals surface area contributed by atoms with E-state index in [9.17, 15) is 8.42 Å². The normalized spacial score (nSPS) is 12.1. The molecule has 0 aliphatic rings.